The average molecular weight is 268 g/mol. The molecule has 1 aliphatic heterocycles. The van der Waals surface area contributed by atoms with Gasteiger partial charge < -0.3 is 5.73 Å². The van der Waals surface area contributed by atoms with Crippen LogP contribution in [0.3, 0.4) is 0 Å². The molecule has 1 aliphatic rings. The van der Waals surface area contributed by atoms with Crippen LogP contribution in [-0.2, 0) is 16.6 Å². The third kappa shape index (κ3) is 2.58. The molecule has 2 rings (SSSR count). The van der Waals surface area contributed by atoms with Gasteiger partial charge in [0.25, 0.3) is 0 Å². The van der Waals surface area contributed by atoms with Crippen LogP contribution in [0, 0.1) is 5.41 Å². The SMILES string of the molecule is CC1(C)CCN(S(=O)(=O)c2cccc(CN)c2)C1. The molecule has 0 radical (unpaired) electrons. The number of hydrogen-bond acceptors (Lipinski definition) is 3. The number of nitrogens with zero attached hydrogens (tertiary/aromatic N) is 1. The Balaban J connectivity index is 2.31. The summed E-state index contributed by atoms with van der Waals surface area (Å²) >= 11 is 0. The van der Waals surface area contributed by atoms with E-state index in [2.05, 4.69) is 13.8 Å². The van der Waals surface area contributed by atoms with Crippen molar-refractivity contribution in [3.05, 3.63) is 29.8 Å². The van der Waals surface area contributed by atoms with Gasteiger partial charge in [-0.25, -0.2) is 8.42 Å². The molecule has 100 valence electrons. The van der Waals surface area contributed by atoms with Crippen LogP contribution in [0.2, 0.25) is 0 Å². The van der Waals surface area contributed by atoms with Gasteiger partial charge in [-0.3, -0.25) is 0 Å². The van der Waals surface area contributed by atoms with Crippen molar-refractivity contribution in [1.82, 2.24) is 4.31 Å². The summed E-state index contributed by atoms with van der Waals surface area (Å²) in [6.45, 7) is 5.73. The van der Waals surface area contributed by atoms with Crippen LogP contribution in [0.4, 0.5) is 0 Å². The van der Waals surface area contributed by atoms with Gasteiger partial charge in [0.05, 0.1) is 4.90 Å². The summed E-state index contributed by atoms with van der Waals surface area (Å²) in [5, 5.41) is 0. The third-order valence-corrected chi connectivity index (χ3v) is 5.26. The van der Waals surface area contributed by atoms with Crippen LogP contribution < -0.4 is 5.73 Å². The van der Waals surface area contributed by atoms with Gasteiger partial charge in [-0.15, -0.1) is 0 Å². The molecule has 5 heteroatoms. The van der Waals surface area contributed by atoms with Gasteiger partial charge in [0.15, 0.2) is 0 Å². The monoisotopic (exact) mass is 268 g/mol. The average Bonchev–Trinajstić information content (AvgIpc) is 2.70. The molecular formula is C13H20N2O2S. The summed E-state index contributed by atoms with van der Waals surface area (Å²) in [6, 6.07) is 6.89. The molecule has 1 fully saturated rings. The molecule has 0 saturated carbocycles. The number of hydrogen-bond donors (Lipinski definition) is 1. The second-order valence-corrected chi connectivity index (χ2v) is 7.54. The van der Waals surface area contributed by atoms with E-state index in [-0.39, 0.29) is 5.41 Å². The molecule has 4 nitrogen and oxygen atoms in total. The summed E-state index contributed by atoms with van der Waals surface area (Å²) < 4.78 is 26.5. The first kappa shape index (κ1) is 13.5. The Hall–Kier alpha value is -0.910. The van der Waals surface area contributed by atoms with Crippen LogP contribution >= 0.6 is 0 Å². The zero-order valence-corrected chi connectivity index (χ0v) is 11.7. The minimum absolute atomic E-state index is 0.0680. The summed E-state index contributed by atoms with van der Waals surface area (Å²) in [6.07, 6.45) is 0.906. The molecule has 0 unspecified atom stereocenters. The number of benzene rings is 1. The summed E-state index contributed by atoms with van der Waals surface area (Å²) in [4.78, 5) is 0.350. The molecule has 0 amide bonds. The van der Waals surface area contributed by atoms with Gasteiger partial charge in [-0.05, 0) is 29.5 Å². The van der Waals surface area contributed by atoms with Gasteiger partial charge in [-0.1, -0.05) is 26.0 Å². The minimum atomic E-state index is -3.36. The van der Waals surface area contributed by atoms with E-state index in [1.807, 2.05) is 6.07 Å². The van der Waals surface area contributed by atoms with Crippen molar-refractivity contribution in [3.8, 4) is 0 Å². The van der Waals surface area contributed by atoms with E-state index in [0.717, 1.165) is 12.0 Å². The predicted octanol–water partition coefficient (Wildman–Crippen LogP) is 1.57. The first-order valence-corrected chi connectivity index (χ1v) is 7.58. The van der Waals surface area contributed by atoms with Crippen LogP contribution in [0.5, 0.6) is 0 Å². The van der Waals surface area contributed by atoms with Crippen LogP contribution in [0.25, 0.3) is 0 Å². The van der Waals surface area contributed by atoms with Crippen molar-refractivity contribution in [1.29, 1.82) is 0 Å². The fourth-order valence-corrected chi connectivity index (χ4v) is 3.95. The normalized spacial score (nSPS) is 20.2. The fourth-order valence-electron chi connectivity index (χ4n) is 2.25. The Labute approximate surface area is 109 Å². The van der Waals surface area contributed by atoms with Crippen molar-refractivity contribution in [3.63, 3.8) is 0 Å². The summed E-state index contributed by atoms with van der Waals surface area (Å²) in [7, 11) is -3.36. The smallest absolute Gasteiger partial charge is 0.243 e. The molecule has 0 atom stereocenters. The Morgan fingerprint density at radius 3 is 2.67 bits per heavy atom. The van der Waals surface area contributed by atoms with Crippen molar-refractivity contribution in [2.45, 2.75) is 31.7 Å². The van der Waals surface area contributed by atoms with Crippen molar-refractivity contribution >= 4 is 10.0 Å². The topological polar surface area (TPSA) is 63.4 Å². The van der Waals surface area contributed by atoms with E-state index in [4.69, 9.17) is 5.73 Å². The number of sulfonamides is 1. The highest BCUT2D eigenvalue weighted by Crippen LogP contribution is 2.32. The molecule has 0 aliphatic carbocycles. The molecule has 1 aromatic carbocycles. The van der Waals surface area contributed by atoms with Gasteiger partial charge in [0.1, 0.15) is 0 Å². The Morgan fingerprint density at radius 2 is 2.11 bits per heavy atom. The van der Waals surface area contributed by atoms with Gasteiger partial charge in [0.2, 0.25) is 10.0 Å². The van der Waals surface area contributed by atoms with Crippen LogP contribution in [-0.4, -0.2) is 25.8 Å². The first-order valence-electron chi connectivity index (χ1n) is 6.14. The predicted molar refractivity (Wildman–Crippen MR) is 71.5 cm³/mol. The van der Waals surface area contributed by atoms with E-state index in [1.54, 1.807) is 22.5 Å². The summed E-state index contributed by atoms with van der Waals surface area (Å²) in [5.41, 5.74) is 6.46. The van der Waals surface area contributed by atoms with Crippen molar-refractivity contribution in [2.75, 3.05) is 13.1 Å². The maximum Gasteiger partial charge on any atom is 0.243 e. The van der Waals surface area contributed by atoms with Gasteiger partial charge >= 0.3 is 0 Å². The summed E-state index contributed by atoms with van der Waals surface area (Å²) in [5.74, 6) is 0. The van der Waals surface area contributed by atoms with Crippen molar-refractivity contribution < 1.29 is 8.42 Å². The highest BCUT2D eigenvalue weighted by molar-refractivity contribution is 7.89. The Kier molecular flexibility index (Phi) is 3.49. The van der Waals surface area contributed by atoms with E-state index >= 15 is 0 Å². The van der Waals surface area contributed by atoms with E-state index in [9.17, 15) is 8.42 Å². The maximum absolute atomic E-state index is 12.5. The fraction of sp³-hybridized carbons (Fsp3) is 0.538. The quantitative estimate of drug-likeness (QED) is 0.905. The van der Waals surface area contributed by atoms with Gasteiger partial charge in [-0.2, -0.15) is 4.31 Å². The Bertz CT molecular complexity index is 538. The lowest BCUT2D eigenvalue weighted by atomic mass is 9.93. The highest BCUT2D eigenvalue weighted by atomic mass is 32.2. The second-order valence-electron chi connectivity index (χ2n) is 5.60. The molecule has 1 heterocycles. The lowest BCUT2D eigenvalue weighted by Crippen LogP contribution is -2.30. The molecule has 1 saturated heterocycles. The zero-order valence-electron chi connectivity index (χ0n) is 10.9. The molecular weight excluding hydrogens is 248 g/mol. The van der Waals surface area contributed by atoms with Crippen LogP contribution in [0.1, 0.15) is 25.8 Å². The molecule has 0 spiro atoms. The largest absolute Gasteiger partial charge is 0.326 e. The second kappa shape index (κ2) is 4.64. The first-order chi connectivity index (χ1) is 8.35. The molecule has 18 heavy (non-hydrogen) atoms. The molecule has 0 bridgehead atoms. The third-order valence-electron chi connectivity index (χ3n) is 3.41. The number of nitrogens with two attached hydrogens (primary N) is 1. The van der Waals surface area contributed by atoms with E-state index < -0.39 is 10.0 Å². The van der Waals surface area contributed by atoms with Gasteiger partial charge in [0, 0.05) is 19.6 Å². The highest BCUT2D eigenvalue weighted by Gasteiger charge is 2.36. The Morgan fingerprint density at radius 1 is 1.39 bits per heavy atom. The lowest BCUT2D eigenvalue weighted by Gasteiger charge is -2.20. The van der Waals surface area contributed by atoms with Crippen LogP contribution in [0.15, 0.2) is 29.2 Å². The maximum atomic E-state index is 12.5. The van der Waals surface area contributed by atoms with Crippen molar-refractivity contribution in [2.24, 2.45) is 11.1 Å². The zero-order chi connectivity index (χ0) is 13.4. The number of rotatable bonds is 3. The minimum Gasteiger partial charge on any atom is -0.326 e. The standard InChI is InChI=1S/C13H20N2O2S/c1-13(2)6-7-15(10-13)18(16,17)12-5-3-4-11(8-12)9-14/h3-5,8H,6-7,9-10,14H2,1-2H3. The molecule has 0 aromatic heterocycles. The lowest BCUT2D eigenvalue weighted by molar-refractivity contribution is 0.375. The molecule has 2 N–H and O–H groups in total. The van der Waals surface area contributed by atoms with E-state index in [1.165, 1.54) is 0 Å². The molecule has 1 aromatic rings. The van der Waals surface area contributed by atoms with E-state index in [0.29, 0.717) is 24.5 Å².